The van der Waals surface area contributed by atoms with E-state index in [1.165, 1.54) is 40.7 Å². The molecule has 1 unspecified atom stereocenters. The first-order valence-electron chi connectivity index (χ1n) is 10.2. The number of hydrogen-bond donors (Lipinski definition) is 0. The van der Waals surface area contributed by atoms with E-state index in [-0.39, 0.29) is 0 Å². The number of aromatic nitrogens is 2. The molecule has 5 rings (SSSR count). The molecule has 2 aliphatic carbocycles. The van der Waals surface area contributed by atoms with Crippen molar-refractivity contribution in [1.82, 2.24) is 9.97 Å². The molecule has 0 bridgehead atoms. The molecule has 0 amide bonds. The van der Waals surface area contributed by atoms with Crippen molar-refractivity contribution < 1.29 is 4.74 Å². The largest absolute Gasteiger partial charge is 0.496 e. The summed E-state index contributed by atoms with van der Waals surface area (Å²) in [4.78, 5) is 9.12. The van der Waals surface area contributed by atoms with E-state index < -0.39 is 0 Å². The van der Waals surface area contributed by atoms with E-state index in [4.69, 9.17) is 4.74 Å². The fourth-order valence-electron chi connectivity index (χ4n) is 4.48. The molecule has 144 valence electrons. The van der Waals surface area contributed by atoms with Crippen LogP contribution in [-0.4, -0.2) is 29.8 Å². The van der Waals surface area contributed by atoms with Gasteiger partial charge < -0.3 is 4.74 Å². The minimum absolute atomic E-state index is 0.529. The number of methoxy groups -OCH3 is 1. The molecule has 5 heteroatoms. The third-order valence-electron chi connectivity index (χ3n) is 6.33. The van der Waals surface area contributed by atoms with Gasteiger partial charge in [-0.2, -0.15) is 5.10 Å². The molecular weight excluding hydrogens is 348 g/mol. The molecule has 0 radical (unpaired) electrons. The summed E-state index contributed by atoms with van der Waals surface area (Å²) in [5, 5.41) is 6.60. The van der Waals surface area contributed by atoms with Crippen molar-refractivity contribution in [2.45, 2.75) is 50.9 Å². The lowest BCUT2D eigenvalue weighted by Gasteiger charge is -2.32. The monoisotopic (exact) mass is 374 g/mol. The topological polar surface area (TPSA) is 50.6 Å². The zero-order valence-corrected chi connectivity index (χ0v) is 16.6. The molecule has 2 heterocycles. The molecule has 0 saturated heterocycles. The summed E-state index contributed by atoms with van der Waals surface area (Å²) in [6.45, 7) is 2.97. The highest BCUT2D eigenvalue weighted by Gasteiger charge is 2.28. The molecule has 1 atom stereocenters. The van der Waals surface area contributed by atoms with Crippen LogP contribution in [0, 0.1) is 6.92 Å². The number of benzene rings is 1. The average Bonchev–Trinajstić information content (AvgIpc) is 3.59. The van der Waals surface area contributed by atoms with Crippen LogP contribution in [0.5, 0.6) is 5.75 Å². The fourth-order valence-corrected chi connectivity index (χ4v) is 4.48. The Labute approximate surface area is 166 Å². The minimum atomic E-state index is 0.529. The van der Waals surface area contributed by atoms with Gasteiger partial charge in [0.05, 0.1) is 19.9 Å². The van der Waals surface area contributed by atoms with Crippen LogP contribution < -0.4 is 9.75 Å². The van der Waals surface area contributed by atoms with Gasteiger partial charge in [-0.05, 0) is 84.8 Å². The van der Waals surface area contributed by atoms with Gasteiger partial charge in [0.15, 0.2) is 0 Å². The van der Waals surface area contributed by atoms with E-state index in [2.05, 4.69) is 34.1 Å². The lowest BCUT2D eigenvalue weighted by molar-refractivity contribution is 0.410. The zero-order chi connectivity index (χ0) is 19.1. The van der Waals surface area contributed by atoms with Crippen LogP contribution in [-0.2, 0) is 0 Å². The number of allylic oxidation sites excluding steroid dienone is 1. The van der Waals surface area contributed by atoms with Crippen molar-refractivity contribution in [2.75, 3.05) is 18.7 Å². The zero-order valence-electron chi connectivity index (χ0n) is 16.6. The number of anilines is 1. The average molecular weight is 374 g/mol. The first-order chi connectivity index (χ1) is 13.7. The standard InChI is InChI=1S/C23H26N4O/c1-15-21(4-3-5-22(15)28-2)17-8-9-18-14-27(26-13-19(18)10-17)23-24-11-20(12-25-23)16-6-7-16/h3-5,11-13,16-17H,6-10,14H2,1-2H3. The Morgan fingerprint density at radius 1 is 1.07 bits per heavy atom. The quantitative estimate of drug-likeness (QED) is 0.775. The van der Waals surface area contributed by atoms with E-state index in [1.54, 1.807) is 7.11 Å². The van der Waals surface area contributed by atoms with Crippen LogP contribution >= 0.6 is 0 Å². The summed E-state index contributed by atoms with van der Waals surface area (Å²) in [5.74, 6) is 2.90. The van der Waals surface area contributed by atoms with Crippen LogP contribution in [0.25, 0.3) is 0 Å². The number of rotatable bonds is 4. The van der Waals surface area contributed by atoms with Crippen LogP contribution in [0.2, 0.25) is 0 Å². The molecule has 0 spiro atoms. The molecule has 28 heavy (non-hydrogen) atoms. The maximum Gasteiger partial charge on any atom is 0.246 e. The number of hydrazone groups is 1. The van der Waals surface area contributed by atoms with Gasteiger partial charge in [0.25, 0.3) is 0 Å². The normalized spacial score (nSPS) is 21.6. The lowest BCUT2D eigenvalue weighted by Crippen LogP contribution is -2.28. The highest BCUT2D eigenvalue weighted by molar-refractivity contribution is 5.82. The fraction of sp³-hybridized carbons (Fsp3) is 0.435. The smallest absolute Gasteiger partial charge is 0.246 e. The summed E-state index contributed by atoms with van der Waals surface area (Å²) in [6, 6.07) is 6.39. The second-order valence-electron chi connectivity index (χ2n) is 8.14. The molecular formula is C23H26N4O. The van der Waals surface area contributed by atoms with Crippen molar-refractivity contribution in [2.24, 2.45) is 5.10 Å². The van der Waals surface area contributed by atoms with Gasteiger partial charge in [-0.25, -0.2) is 15.0 Å². The number of nitrogens with zero attached hydrogens (tertiary/aromatic N) is 4. The Hall–Kier alpha value is -2.69. The molecule has 1 aromatic carbocycles. The summed E-state index contributed by atoms with van der Waals surface area (Å²) >= 11 is 0. The molecule has 1 fully saturated rings. The molecule has 1 aromatic heterocycles. The Morgan fingerprint density at radius 3 is 2.64 bits per heavy atom. The molecule has 1 aliphatic heterocycles. The van der Waals surface area contributed by atoms with Gasteiger partial charge in [-0.15, -0.1) is 0 Å². The van der Waals surface area contributed by atoms with Crippen LogP contribution in [0.3, 0.4) is 0 Å². The third kappa shape index (κ3) is 3.19. The van der Waals surface area contributed by atoms with E-state index in [1.807, 2.05) is 29.7 Å². The molecule has 3 aliphatic rings. The summed E-state index contributed by atoms with van der Waals surface area (Å²) in [7, 11) is 1.75. The summed E-state index contributed by atoms with van der Waals surface area (Å²) < 4.78 is 5.51. The second kappa shape index (κ2) is 7.04. The van der Waals surface area contributed by atoms with Crippen molar-refractivity contribution in [3.8, 4) is 5.75 Å². The van der Waals surface area contributed by atoms with Gasteiger partial charge >= 0.3 is 0 Å². The van der Waals surface area contributed by atoms with E-state index >= 15 is 0 Å². The first-order valence-corrected chi connectivity index (χ1v) is 10.2. The summed E-state index contributed by atoms with van der Waals surface area (Å²) in [6.07, 6.45) is 11.8. The van der Waals surface area contributed by atoms with Gasteiger partial charge in [0.2, 0.25) is 5.95 Å². The number of ether oxygens (including phenoxy) is 1. The van der Waals surface area contributed by atoms with Crippen molar-refractivity contribution in [3.05, 3.63) is 58.4 Å². The third-order valence-corrected chi connectivity index (χ3v) is 6.33. The lowest BCUT2D eigenvalue weighted by atomic mass is 9.78. The van der Waals surface area contributed by atoms with Gasteiger partial charge in [0, 0.05) is 12.4 Å². The maximum absolute atomic E-state index is 5.51. The Morgan fingerprint density at radius 2 is 1.89 bits per heavy atom. The summed E-state index contributed by atoms with van der Waals surface area (Å²) in [5.41, 5.74) is 6.78. The molecule has 5 nitrogen and oxygen atoms in total. The second-order valence-corrected chi connectivity index (χ2v) is 8.14. The Bertz CT molecular complexity index is 944. The highest BCUT2D eigenvalue weighted by atomic mass is 16.5. The Kier molecular flexibility index (Phi) is 4.38. The molecule has 2 aromatic rings. The van der Waals surface area contributed by atoms with Crippen molar-refractivity contribution in [3.63, 3.8) is 0 Å². The predicted molar refractivity (Wildman–Crippen MR) is 111 cm³/mol. The first kappa shape index (κ1) is 17.4. The Balaban J connectivity index is 1.31. The minimum Gasteiger partial charge on any atom is -0.496 e. The van der Waals surface area contributed by atoms with Gasteiger partial charge in [-0.1, -0.05) is 12.1 Å². The van der Waals surface area contributed by atoms with Crippen LogP contribution in [0.15, 0.2) is 46.8 Å². The van der Waals surface area contributed by atoms with E-state index in [0.717, 1.165) is 31.6 Å². The molecule has 0 N–H and O–H groups in total. The van der Waals surface area contributed by atoms with Gasteiger partial charge in [0.1, 0.15) is 5.75 Å². The van der Waals surface area contributed by atoms with Crippen molar-refractivity contribution in [1.29, 1.82) is 0 Å². The van der Waals surface area contributed by atoms with Crippen molar-refractivity contribution >= 4 is 12.2 Å². The SMILES string of the molecule is COc1cccc(C2CCC3=C(C=NN(c4ncc(C5CC5)cn4)C3)C2)c1C. The van der Waals surface area contributed by atoms with Crippen LogP contribution in [0.4, 0.5) is 5.95 Å². The predicted octanol–water partition coefficient (Wildman–Crippen LogP) is 4.74. The number of hydrogen-bond acceptors (Lipinski definition) is 5. The highest BCUT2D eigenvalue weighted by Crippen LogP contribution is 2.41. The van der Waals surface area contributed by atoms with E-state index in [9.17, 15) is 0 Å². The molecule has 1 saturated carbocycles. The maximum atomic E-state index is 5.51. The van der Waals surface area contributed by atoms with Crippen LogP contribution in [0.1, 0.15) is 60.6 Å². The van der Waals surface area contributed by atoms with E-state index in [0.29, 0.717) is 17.8 Å². The van der Waals surface area contributed by atoms with Gasteiger partial charge in [-0.3, -0.25) is 0 Å².